The van der Waals surface area contributed by atoms with E-state index in [0.717, 1.165) is 19.4 Å². The van der Waals surface area contributed by atoms with E-state index in [4.69, 9.17) is 0 Å². The van der Waals surface area contributed by atoms with E-state index < -0.39 is 0 Å². The number of piperidine rings is 1. The second-order valence-electron chi connectivity index (χ2n) is 6.89. The van der Waals surface area contributed by atoms with Crippen LogP contribution in [0.25, 0.3) is 0 Å². The van der Waals surface area contributed by atoms with Crippen molar-refractivity contribution in [3.63, 3.8) is 0 Å². The lowest BCUT2D eigenvalue weighted by atomic mass is 10.0. The molecular formula is C16H31N3O. The first kappa shape index (κ1) is 15.8. The molecule has 2 heterocycles. The molecule has 0 aromatic rings. The summed E-state index contributed by atoms with van der Waals surface area (Å²) >= 11 is 0. The molecule has 0 aromatic carbocycles. The predicted octanol–water partition coefficient (Wildman–Crippen LogP) is 2.05. The number of hydrogen-bond acceptors (Lipinski definition) is 3. The average molecular weight is 281 g/mol. The molecule has 3 atom stereocenters. The third kappa shape index (κ3) is 3.53. The maximum Gasteiger partial charge on any atom is 0.241 e. The maximum absolute atomic E-state index is 12.6. The minimum Gasteiger partial charge on any atom is -0.324 e. The minimum absolute atomic E-state index is 0.0349. The first-order chi connectivity index (χ1) is 9.52. The number of likely N-dealkylation sites (N-methyl/N-ethyl adjacent to an activating group) is 1. The topological polar surface area (TPSA) is 35.6 Å². The standard InChI is InChI=1S/C16H31N3O/c1-5-14-16(20)19(15(17-14)10-12(2)3)11-13-8-6-7-9-18(13)4/h12-15,17H,5-11H2,1-4H3. The fourth-order valence-electron chi connectivity index (χ4n) is 3.50. The van der Waals surface area contributed by atoms with Gasteiger partial charge in [0.05, 0.1) is 12.2 Å². The quantitative estimate of drug-likeness (QED) is 0.838. The van der Waals surface area contributed by atoms with E-state index in [1.807, 2.05) is 0 Å². The van der Waals surface area contributed by atoms with Crippen molar-refractivity contribution in [2.45, 2.75) is 71.1 Å². The second-order valence-corrected chi connectivity index (χ2v) is 6.89. The van der Waals surface area contributed by atoms with Gasteiger partial charge in [-0.15, -0.1) is 0 Å². The minimum atomic E-state index is 0.0349. The molecule has 0 bridgehead atoms. The molecule has 4 heteroatoms. The number of carbonyl (C=O) groups is 1. The van der Waals surface area contributed by atoms with Crippen LogP contribution in [0.5, 0.6) is 0 Å². The van der Waals surface area contributed by atoms with Crippen molar-refractivity contribution in [2.75, 3.05) is 20.1 Å². The van der Waals surface area contributed by atoms with Crippen LogP contribution in [0.3, 0.4) is 0 Å². The molecule has 2 fully saturated rings. The predicted molar refractivity (Wildman–Crippen MR) is 82.4 cm³/mol. The van der Waals surface area contributed by atoms with Gasteiger partial charge in [0, 0.05) is 12.6 Å². The molecule has 0 aliphatic carbocycles. The van der Waals surface area contributed by atoms with Crippen LogP contribution in [0, 0.1) is 5.92 Å². The Morgan fingerprint density at radius 1 is 1.35 bits per heavy atom. The highest BCUT2D eigenvalue weighted by Gasteiger charge is 2.39. The summed E-state index contributed by atoms with van der Waals surface area (Å²) in [7, 11) is 2.20. The van der Waals surface area contributed by atoms with Gasteiger partial charge in [-0.2, -0.15) is 0 Å². The van der Waals surface area contributed by atoms with E-state index in [-0.39, 0.29) is 12.2 Å². The number of rotatable bonds is 5. The largest absolute Gasteiger partial charge is 0.324 e. The lowest BCUT2D eigenvalue weighted by Gasteiger charge is -2.37. The molecule has 0 radical (unpaired) electrons. The molecule has 4 nitrogen and oxygen atoms in total. The number of likely N-dealkylation sites (tertiary alicyclic amines) is 1. The highest BCUT2D eigenvalue weighted by atomic mass is 16.2. The van der Waals surface area contributed by atoms with Crippen LogP contribution in [-0.4, -0.2) is 54.1 Å². The van der Waals surface area contributed by atoms with E-state index in [0.29, 0.717) is 17.9 Å². The highest BCUT2D eigenvalue weighted by Crippen LogP contribution is 2.23. The van der Waals surface area contributed by atoms with Crippen LogP contribution < -0.4 is 5.32 Å². The third-order valence-electron chi connectivity index (χ3n) is 4.78. The van der Waals surface area contributed by atoms with Crippen molar-refractivity contribution in [2.24, 2.45) is 5.92 Å². The van der Waals surface area contributed by atoms with E-state index in [1.165, 1.54) is 25.8 Å². The Labute approximate surface area is 123 Å². The summed E-state index contributed by atoms with van der Waals surface area (Å²) in [6.07, 6.45) is 6.01. The third-order valence-corrected chi connectivity index (χ3v) is 4.78. The van der Waals surface area contributed by atoms with Crippen LogP contribution in [0.2, 0.25) is 0 Å². The summed E-state index contributed by atoms with van der Waals surface area (Å²) < 4.78 is 0. The summed E-state index contributed by atoms with van der Waals surface area (Å²) in [6.45, 7) is 8.63. The second kappa shape index (κ2) is 6.90. The highest BCUT2D eigenvalue weighted by molar-refractivity contribution is 5.84. The molecule has 1 amide bonds. The van der Waals surface area contributed by atoms with E-state index in [2.05, 4.69) is 42.9 Å². The molecule has 0 spiro atoms. The summed E-state index contributed by atoms with van der Waals surface area (Å²) in [5.41, 5.74) is 0. The van der Waals surface area contributed by atoms with Gasteiger partial charge in [-0.05, 0) is 45.2 Å². The molecule has 20 heavy (non-hydrogen) atoms. The molecule has 2 aliphatic rings. The Morgan fingerprint density at radius 3 is 2.70 bits per heavy atom. The lowest BCUT2D eigenvalue weighted by Crippen LogP contribution is -2.49. The number of nitrogens with one attached hydrogen (secondary N) is 1. The Morgan fingerprint density at radius 2 is 2.10 bits per heavy atom. The van der Waals surface area contributed by atoms with Gasteiger partial charge in [-0.25, -0.2) is 0 Å². The molecular weight excluding hydrogens is 250 g/mol. The van der Waals surface area contributed by atoms with Gasteiger partial charge in [-0.3, -0.25) is 10.1 Å². The first-order valence-corrected chi connectivity index (χ1v) is 8.29. The average Bonchev–Trinajstić information content (AvgIpc) is 2.69. The van der Waals surface area contributed by atoms with Gasteiger partial charge in [-0.1, -0.05) is 27.2 Å². The Balaban J connectivity index is 2.02. The molecule has 116 valence electrons. The fraction of sp³-hybridized carbons (Fsp3) is 0.938. The van der Waals surface area contributed by atoms with Crippen molar-refractivity contribution >= 4 is 5.91 Å². The maximum atomic E-state index is 12.6. The summed E-state index contributed by atoms with van der Waals surface area (Å²) in [5.74, 6) is 0.930. The van der Waals surface area contributed by atoms with Gasteiger partial charge in [0.25, 0.3) is 0 Å². The van der Waals surface area contributed by atoms with Crippen LogP contribution in [-0.2, 0) is 4.79 Å². The van der Waals surface area contributed by atoms with Gasteiger partial charge >= 0.3 is 0 Å². The van der Waals surface area contributed by atoms with Gasteiger partial charge in [0.1, 0.15) is 0 Å². The molecule has 1 N–H and O–H groups in total. The van der Waals surface area contributed by atoms with E-state index in [9.17, 15) is 4.79 Å². The Kier molecular flexibility index (Phi) is 5.44. The van der Waals surface area contributed by atoms with Gasteiger partial charge in [0.2, 0.25) is 5.91 Å². The normalized spacial score (nSPS) is 32.4. The molecule has 2 rings (SSSR count). The van der Waals surface area contributed by atoms with Crippen molar-refractivity contribution in [1.82, 2.24) is 15.1 Å². The smallest absolute Gasteiger partial charge is 0.241 e. The van der Waals surface area contributed by atoms with Crippen LogP contribution in [0.1, 0.15) is 52.9 Å². The zero-order valence-electron chi connectivity index (χ0n) is 13.6. The first-order valence-electron chi connectivity index (χ1n) is 8.29. The lowest BCUT2D eigenvalue weighted by molar-refractivity contribution is -0.131. The number of hydrogen-bond donors (Lipinski definition) is 1. The van der Waals surface area contributed by atoms with Crippen molar-refractivity contribution in [3.05, 3.63) is 0 Å². The monoisotopic (exact) mass is 281 g/mol. The SMILES string of the molecule is CCC1NC(CC(C)C)N(CC2CCCCN2C)C1=O. The van der Waals surface area contributed by atoms with Crippen molar-refractivity contribution < 1.29 is 4.79 Å². The zero-order valence-corrected chi connectivity index (χ0v) is 13.6. The number of nitrogens with zero attached hydrogens (tertiary/aromatic N) is 2. The Bertz CT molecular complexity index is 332. The van der Waals surface area contributed by atoms with Crippen LogP contribution in [0.4, 0.5) is 0 Å². The van der Waals surface area contributed by atoms with Crippen molar-refractivity contribution in [1.29, 1.82) is 0 Å². The summed E-state index contributed by atoms with van der Waals surface area (Å²) in [4.78, 5) is 17.1. The molecule has 2 aliphatic heterocycles. The summed E-state index contributed by atoms with van der Waals surface area (Å²) in [6, 6.07) is 0.576. The fourth-order valence-corrected chi connectivity index (χ4v) is 3.50. The van der Waals surface area contributed by atoms with Crippen molar-refractivity contribution in [3.8, 4) is 0 Å². The van der Waals surface area contributed by atoms with Crippen LogP contribution >= 0.6 is 0 Å². The van der Waals surface area contributed by atoms with Gasteiger partial charge in [0.15, 0.2) is 0 Å². The molecule has 0 aromatic heterocycles. The molecule has 0 saturated carbocycles. The van der Waals surface area contributed by atoms with E-state index >= 15 is 0 Å². The van der Waals surface area contributed by atoms with Crippen LogP contribution in [0.15, 0.2) is 0 Å². The van der Waals surface area contributed by atoms with E-state index in [1.54, 1.807) is 0 Å². The summed E-state index contributed by atoms with van der Waals surface area (Å²) in [5, 5.41) is 3.53. The molecule has 2 saturated heterocycles. The molecule has 3 unspecified atom stereocenters. The zero-order chi connectivity index (χ0) is 14.7. The number of carbonyl (C=O) groups excluding carboxylic acids is 1. The Hall–Kier alpha value is -0.610. The van der Waals surface area contributed by atoms with Gasteiger partial charge < -0.3 is 9.80 Å². The number of amides is 1.